The van der Waals surface area contributed by atoms with E-state index in [0.29, 0.717) is 15.4 Å². The van der Waals surface area contributed by atoms with Crippen LogP contribution in [0.3, 0.4) is 0 Å². The number of aromatic hydroxyl groups is 1. The van der Waals surface area contributed by atoms with Gasteiger partial charge < -0.3 is 9.84 Å². The molecule has 4 nitrogen and oxygen atoms in total. The average Bonchev–Trinajstić information content (AvgIpc) is 2.68. The molecule has 1 heterocycles. The van der Waals surface area contributed by atoms with Crippen LogP contribution in [0, 0.1) is 6.92 Å². The van der Waals surface area contributed by atoms with Crippen molar-refractivity contribution >= 4 is 32.9 Å². The van der Waals surface area contributed by atoms with Crippen molar-refractivity contribution in [3.8, 4) is 5.75 Å². The summed E-state index contributed by atoms with van der Waals surface area (Å²) in [5, 5.41) is 10.6. The van der Waals surface area contributed by atoms with E-state index in [1.54, 1.807) is 18.3 Å². The fourth-order valence-electron chi connectivity index (χ4n) is 1.94. The van der Waals surface area contributed by atoms with Gasteiger partial charge in [-0.05, 0) is 61.3 Å². The van der Waals surface area contributed by atoms with Gasteiger partial charge in [-0.3, -0.25) is 4.57 Å². The van der Waals surface area contributed by atoms with Crippen molar-refractivity contribution in [1.82, 2.24) is 4.57 Å². The first-order valence-electron chi connectivity index (χ1n) is 5.93. The molecule has 0 unspecified atom stereocenters. The molecule has 0 aliphatic heterocycles. The maximum absolute atomic E-state index is 12.1. The van der Waals surface area contributed by atoms with Crippen molar-refractivity contribution in [1.29, 1.82) is 0 Å². The Labute approximate surface area is 120 Å². The SMILES string of the molecule is Cc1cc(Br)c(O)c2ccn(C(=O)OC(C)(C)C)c12. The molecule has 0 atom stereocenters. The second kappa shape index (κ2) is 4.56. The molecule has 0 aliphatic carbocycles. The molecule has 0 radical (unpaired) electrons. The lowest BCUT2D eigenvalue weighted by Gasteiger charge is -2.20. The minimum atomic E-state index is -0.557. The molecule has 19 heavy (non-hydrogen) atoms. The van der Waals surface area contributed by atoms with Crippen molar-refractivity contribution in [2.24, 2.45) is 0 Å². The van der Waals surface area contributed by atoms with E-state index in [2.05, 4.69) is 15.9 Å². The number of aromatic nitrogens is 1. The number of hydrogen-bond donors (Lipinski definition) is 1. The van der Waals surface area contributed by atoms with E-state index < -0.39 is 11.7 Å². The van der Waals surface area contributed by atoms with Crippen LogP contribution in [0.2, 0.25) is 0 Å². The lowest BCUT2D eigenvalue weighted by atomic mass is 10.1. The summed E-state index contributed by atoms with van der Waals surface area (Å²) < 4.78 is 7.38. The lowest BCUT2D eigenvalue weighted by Crippen LogP contribution is -2.26. The third-order valence-corrected chi connectivity index (χ3v) is 3.28. The Hall–Kier alpha value is -1.49. The maximum atomic E-state index is 12.1. The smallest absolute Gasteiger partial charge is 0.419 e. The molecule has 0 saturated carbocycles. The van der Waals surface area contributed by atoms with Crippen molar-refractivity contribution in [2.45, 2.75) is 33.3 Å². The van der Waals surface area contributed by atoms with Gasteiger partial charge in [0.25, 0.3) is 0 Å². The van der Waals surface area contributed by atoms with Crippen molar-refractivity contribution < 1.29 is 14.6 Å². The maximum Gasteiger partial charge on any atom is 0.419 e. The Morgan fingerprint density at radius 3 is 2.63 bits per heavy atom. The van der Waals surface area contributed by atoms with Gasteiger partial charge in [-0.25, -0.2) is 4.79 Å². The molecule has 0 fully saturated rings. The van der Waals surface area contributed by atoms with Crippen LogP contribution in [0.4, 0.5) is 4.79 Å². The number of halogens is 1. The zero-order valence-electron chi connectivity index (χ0n) is 11.3. The van der Waals surface area contributed by atoms with E-state index in [1.165, 1.54) is 4.57 Å². The van der Waals surface area contributed by atoms with Crippen LogP contribution in [-0.4, -0.2) is 21.4 Å². The number of aryl methyl sites for hydroxylation is 1. The largest absolute Gasteiger partial charge is 0.506 e. The van der Waals surface area contributed by atoms with Crippen LogP contribution in [0.25, 0.3) is 10.9 Å². The predicted octanol–water partition coefficient (Wildman–Crippen LogP) is 4.20. The van der Waals surface area contributed by atoms with Crippen LogP contribution < -0.4 is 0 Å². The molecule has 0 amide bonds. The summed E-state index contributed by atoms with van der Waals surface area (Å²) in [6.45, 7) is 7.33. The fraction of sp³-hybridized carbons (Fsp3) is 0.357. The number of carbonyl (C=O) groups excluding carboxylic acids is 1. The van der Waals surface area contributed by atoms with Gasteiger partial charge in [0.15, 0.2) is 0 Å². The minimum Gasteiger partial charge on any atom is -0.506 e. The van der Waals surface area contributed by atoms with Crippen molar-refractivity contribution in [3.05, 3.63) is 28.4 Å². The molecule has 0 spiro atoms. The van der Waals surface area contributed by atoms with Gasteiger partial charge in [-0.1, -0.05) is 0 Å². The van der Waals surface area contributed by atoms with E-state index in [0.717, 1.165) is 5.56 Å². The molecule has 0 aliphatic rings. The van der Waals surface area contributed by atoms with Crippen LogP contribution in [0.15, 0.2) is 22.8 Å². The molecule has 0 bridgehead atoms. The number of nitrogens with zero attached hydrogens (tertiary/aromatic N) is 1. The number of fused-ring (bicyclic) bond motifs is 1. The second-order valence-electron chi connectivity index (χ2n) is 5.45. The minimum absolute atomic E-state index is 0.128. The molecule has 1 N–H and O–H groups in total. The highest BCUT2D eigenvalue weighted by Gasteiger charge is 2.21. The van der Waals surface area contributed by atoms with E-state index >= 15 is 0 Å². The molecule has 1 aromatic heterocycles. The van der Waals surface area contributed by atoms with Crippen LogP contribution in [-0.2, 0) is 4.74 Å². The molecule has 5 heteroatoms. The summed E-state index contributed by atoms with van der Waals surface area (Å²) in [5.41, 5.74) is 0.990. The Bertz CT molecular complexity index is 653. The third-order valence-electron chi connectivity index (χ3n) is 2.67. The molecule has 1 aromatic carbocycles. The summed E-state index contributed by atoms with van der Waals surface area (Å²) in [4.78, 5) is 12.1. The number of rotatable bonds is 0. The number of hydrogen-bond acceptors (Lipinski definition) is 3. The number of benzene rings is 1. The number of ether oxygens (including phenoxy) is 1. The summed E-state index contributed by atoms with van der Waals surface area (Å²) in [7, 11) is 0. The summed E-state index contributed by atoms with van der Waals surface area (Å²) in [6, 6.07) is 3.48. The fourth-order valence-corrected chi connectivity index (χ4v) is 2.50. The quantitative estimate of drug-likeness (QED) is 0.789. The van der Waals surface area contributed by atoms with Gasteiger partial charge in [0, 0.05) is 11.6 Å². The topological polar surface area (TPSA) is 51.5 Å². The van der Waals surface area contributed by atoms with Gasteiger partial charge in [0.2, 0.25) is 0 Å². The zero-order valence-corrected chi connectivity index (χ0v) is 12.9. The predicted molar refractivity (Wildman–Crippen MR) is 77.7 cm³/mol. The van der Waals surface area contributed by atoms with Crippen molar-refractivity contribution in [3.63, 3.8) is 0 Å². The van der Waals surface area contributed by atoms with E-state index in [1.807, 2.05) is 27.7 Å². The van der Waals surface area contributed by atoms with Crippen molar-refractivity contribution in [2.75, 3.05) is 0 Å². The van der Waals surface area contributed by atoms with Crippen LogP contribution in [0.1, 0.15) is 26.3 Å². The Balaban J connectivity index is 2.58. The Morgan fingerprint density at radius 1 is 1.42 bits per heavy atom. The molecule has 0 saturated heterocycles. The van der Waals surface area contributed by atoms with Gasteiger partial charge in [0.05, 0.1) is 9.99 Å². The second-order valence-corrected chi connectivity index (χ2v) is 6.31. The first-order chi connectivity index (χ1) is 8.70. The normalized spacial score (nSPS) is 11.8. The van der Waals surface area contributed by atoms with Crippen LogP contribution >= 0.6 is 15.9 Å². The molecule has 2 rings (SSSR count). The first-order valence-corrected chi connectivity index (χ1v) is 6.72. The standard InChI is InChI=1S/C14H16BrNO3/c1-8-7-10(15)12(17)9-5-6-16(11(8)9)13(18)19-14(2,3)4/h5-7,17H,1-4H3. The van der Waals surface area contributed by atoms with E-state index in [9.17, 15) is 9.90 Å². The number of carbonyl (C=O) groups is 1. The lowest BCUT2D eigenvalue weighted by molar-refractivity contribution is 0.0544. The van der Waals surface area contributed by atoms with Gasteiger partial charge >= 0.3 is 6.09 Å². The first kappa shape index (κ1) is 13.9. The molecule has 2 aromatic rings. The summed E-state index contributed by atoms with van der Waals surface area (Å²) in [6.07, 6.45) is 1.16. The highest BCUT2D eigenvalue weighted by molar-refractivity contribution is 9.10. The monoisotopic (exact) mass is 325 g/mol. The molecule has 102 valence electrons. The Morgan fingerprint density at radius 2 is 2.05 bits per heavy atom. The van der Waals surface area contributed by atoms with Crippen LogP contribution in [0.5, 0.6) is 5.75 Å². The van der Waals surface area contributed by atoms with E-state index in [-0.39, 0.29) is 5.75 Å². The zero-order chi connectivity index (χ0) is 14.4. The molecular weight excluding hydrogens is 310 g/mol. The number of phenolic OH excluding ortho intramolecular Hbond substituents is 1. The highest BCUT2D eigenvalue weighted by atomic mass is 79.9. The van der Waals surface area contributed by atoms with E-state index in [4.69, 9.17) is 4.74 Å². The highest BCUT2D eigenvalue weighted by Crippen LogP contribution is 2.35. The third kappa shape index (κ3) is 2.61. The van der Waals surface area contributed by atoms with Gasteiger partial charge in [-0.15, -0.1) is 0 Å². The summed E-state index contributed by atoms with van der Waals surface area (Å²) >= 11 is 3.29. The van der Waals surface area contributed by atoms with Gasteiger partial charge in [0.1, 0.15) is 11.4 Å². The molecular formula is C14H16BrNO3. The number of phenols is 1. The summed E-state index contributed by atoms with van der Waals surface area (Å²) in [5.74, 6) is 0.128. The average molecular weight is 326 g/mol. The Kier molecular flexibility index (Phi) is 3.34. The van der Waals surface area contributed by atoms with Gasteiger partial charge in [-0.2, -0.15) is 0 Å².